The first kappa shape index (κ1) is 20.4. The van der Waals surface area contributed by atoms with E-state index in [9.17, 15) is 18.0 Å². The topological polar surface area (TPSA) is 86.8 Å². The number of hydrogen-bond acceptors (Lipinski definition) is 4. The van der Waals surface area contributed by atoms with Crippen LogP contribution < -0.4 is 4.72 Å². The summed E-state index contributed by atoms with van der Waals surface area (Å²) < 4.78 is 27.2. The Morgan fingerprint density at radius 1 is 1.00 bits per heavy atom. The maximum absolute atomic E-state index is 12.6. The van der Waals surface area contributed by atoms with Crippen LogP contribution in [-0.4, -0.2) is 61.7 Å². The van der Waals surface area contributed by atoms with Crippen LogP contribution in [0.2, 0.25) is 0 Å². The van der Waals surface area contributed by atoms with Gasteiger partial charge in [-0.2, -0.15) is 0 Å². The van der Waals surface area contributed by atoms with Crippen molar-refractivity contribution in [3.8, 4) is 0 Å². The molecule has 0 spiro atoms. The third-order valence-electron chi connectivity index (χ3n) is 4.07. The van der Waals surface area contributed by atoms with Crippen LogP contribution in [0.1, 0.15) is 44.5 Å². The van der Waals surface area contributed by atoms with E-state index in [1.807, 2.05) is 6.92 Å². The molecule has 0 aromatic heterocycles. The Morgan fingerprint density at radius 2 is 1.50 bits per heavy atom. The lowest BCUT2D eigenvalue weighted by Crippen LogP contribution is -2.50. The Bertz CT molecular complexity index is 759. The summed E-state index contributed by atoms with van der Waals surface area (Å²) in [5, 5.41) is 0. The number of benzene rings is 1. The first-order valence-corrected chi connectivity index (χ1v) is 10.2. The number of carbonyl (C=O) groups excluding carboxylic acids is 2. The second-order valence-corrected chi connectivity index (χ2v) is 9.09. The minimum Gasteiger partial charge on any atom is -0.339 e. The monoisotopic (exact) mass is 381 g/mol. The van der Waals surface area contributed by atoms with Gasteiger partial charge >= 0.3 is 0 Å². The van der Waals surface area contributed by atoms with E-state index < -0.39 is 15.6 Å². The van der Waals surface area contributed by atoms with Crippen molar-refractivity contribution in [2.45, 2.75) is 44.6 Å². The van der Waals surface area contributed by atoms with E-state index >= 15 is 0 Å². The lowest BCUT2D eigenvalue weighted by atomic mass is 10.1. The van der Waals surface area contributed by atoms with Gasteiger partial charge in [0.05, 0.1) is 4.90 Å². The van der Waals surface area contributed by atoms with Crippen LogP contribution in [-0.2, 0) is 14.8 Å². The lowest BCUT2D eigenvalue weighted by molar-refractivity contribution is -0.132. The average Bonchev–Trinajstić information content (AvgIpc) is 2.58. The van der Waals surface area contributed by atoms with E-state index in [1.165, 1.54) is 24.3 Å². The molecule has 144 valence electrons. The predicted molar refractivity (Wildman–Crippen MR) is 99.3 cm³/mol. The maximum atomic E-state index is 12.6. The Morgan fingerprint density at radius 3 is 1.96 bits per heavy atom. The predicted octanol–water partition coefficient (Wildman–Crippen LogP) is 1.46. The molecule has 2 amide bonds. The molecule has 1 fully saturated rings. The normalized spacial score (nSPS) is 15.8. The molecule has 1 heterocycles. The van der Waals surface area contributed by atoms with Crippen LogP contribution in [0.5, 0.6) is 0 Å². The molecule has 26 heavy (non-hydrogen) atoms. The third-order valence-corrected chi connectivity index (χ3v) is 5.85. The van der Waals surface area contributed by atoms with Gasteiger partial charge in [0.2, 0.25) is 15.9 Å². The summed E-state index contributed by atoms with van der Waals surface area (Å²) >= 11 is 0. The Hall–Kier alpha value is -1.93. The van der Waals surface area contributed by atoms with Gasteiger partial charge in [0.1, 0.15) is 0 Å². The Kier molecular flexibility index (Phi) is 6.08. The fraction of sp³-hybridized carbons (Fsp3) is 0.556. The number of carbonyl (C=O) groups is 2. The standard InChI is InChI=1S/C18H27N3O4S/c1-5-16(22)20-10-12-21(13-11-20)17(23)14-6-8-15(9-7-14)26(24,25)19-18(2,3)4/h6-9,19H,5,10-13H2,1-4H3. The zero-order chi connectivity index (χ0) is 19.5. The number of rotatable bonds is 4. The molecule has 1 aliphatic heterocycles. The van der Waals surface area contributed by atoms with Crippen molar-refractivity contribution in [1.29, 1.82) is 0 Å². The molecule has 1 aliphatic rings. The molecule has 0 saturated carbocycles. The first-order chi connectivity index (χ1) is 12.0. The maximum Gasteiger partial charge on any atom is 0.253 e. The SMILES string of the molecule is CCC(=O)N1CCN(C(=O)c2ccc(S(=O)(=O)NC(C)(C)C)cc2)CC1. The molecule has 2 rings (SSSR count). The van der Waals surface area contributed by atoms with Gasteiger partial charge in [-0.15, -0.1) is 0 Å². The highest BCUT2D eigenvalue weighted by atomic mass is 32.2. The van der Waals surface area contributed by atoms with Crippen molar-refractivity contribution in [2.24, 2.45) is 0 Å². The van der Waals surface area contributed by atoms with Gasteiger partial charge in [-0.3, -0.25) is 9.59 Å². The van der Waals surface area contributed by atoms with E-state index in [0.717, 1.165) is 0 Å². The average molecular weight is 381 g/mol. The second-order valence-electron chi connectivity index (χ2n) is 7.41. The minimum absolute atomic E-state index is 0.0954. The van der Waals surface area contributed by atoms with Gasteiger partial charge in [0.15, 0.2) is 0 Å². The van der Waals surface area contributed by atoms with Crippen LogP contribution in [0.25, 0.3) is 0 Å². The summed E-state index contributed by atoms with van der Waals surface area (Å²) in [4.78, 5) is 27.9. The van der Waals surface area contributed by atoms with Crippen LogP contribution in [0, 0.1) is 0 Å². The van der Waals surface area contributed by atoms with Crippen molar-refractivity contribution < 1.29 is 18.0 Å². The van der Waals surface area contributed by atoms with Crippen molar-refractivity contribution >= 4 is 21.8 Å². The summed E-state index contributed by atoms with van der Waals surface area (Å²) in [7, 11) is -3.62. The number of hydrogen-bond donors (Lipinski definition) is 1. The molecule has 0 unspecified atom stereocenters. The molecule has 1 saturated heterocycles. The highest BCUT2D eigenvalue weighted by molar-refractivity contribution is 7.89. The van der Waals surface area contributed by atoms with Gasteiger partial charge in [-0.05, 0) is 45.0 Å². The molecule has 8 heteroatoms. The number of amides is 2. The largest absolute Gasteiger partial charge is 0.339 e. The summed E-state index contributed by atoms with van der Waals surface area (Å²) in [6.07, 6.45) is 0.465. The molecular formula is C18H27N3O4S. The molecule has 0 bridgehead atoms. The van der Waals surface area contributed by atoms with Crippen molar-refractivity contribution in [2.75, 3.05) is 26.2 Å². The lowest BCUT2D eigenvalue weighted by Gasteiger charge is -2.34. The smallest absolute Gasteiger partial charge is 0.253 e. The van der Waals surface area contributed by atoms with Gasteiger partial charge in [-0.1, -0.05) is 6.92 Å². The molecule has 0 radical (unpaired) electrons. The fourth-order valence-electron chi connectivity index (χ4n) is 2.80. The number of nitrogens with one attached hydrogen (secondary N) is 1. The van der Waals surface area contributed by atoms with Crippen LogP contribution in [0.3, 0.4) is 0 Å². The van der Waals surface area contributed by atoms with Gasteiger partial charge in [-0.25, -0.2) is 13.1 Å². The van der Waals surface area contributed by atoms with E-state index in [0.29, 0.717) is 38.2 Å². The van der Waals surface area contributed by atoms with Crippen LogP contribution in [0.4, 0.5) is 0 Å². The van der Waals surface area contributed by atoms with E-state index in [-0.39, 0.29) is 16.7 Å². The molecule has 1 N–H and O–H groups in total. The summed E-state index contributed by atoms with van der Waals surface area (Å²) in [6, 6.07) is 5.95. The van der Waals surface area contributed by atoms with Gasteiger partial charge in [0.25, 0.3) is 5.91 Å². The van der Waals surface area contributed by atoms with E-state index in [1.54, 1.807) is 30.6 Å². The molecule has 7 nitrogen and oxygen atoms in total. The molecule has 0 aliphatic carbocycles. The highest BCUT2D eigenvalue weighted by Gasteiger charge is 2.25. The van der Waals surface area contributed by atoms with Gasteiger partial charge < -0.3 is 9.80 Å². The first-order valence-electron chi connectivity index (χ1n) is 8.74. The fourth-order valence-corrected chi connectivity index (χ4v) is 4.22. The van der Waals surface area contributed by atoms with Crippen molar-refractivity contribution in [3.05, 3.63) is 29.8 Å². The number of piperazine rings is 1. The molecule has 0 atom stereocenters. The Labute approximate surface area is 155 Å². The third kappa shape index (κ3) is 5.04. The van der Waals surface area contributed by atoms with Crippen LogP contribution >= 0.6 is 0 Å². The quantitative estimate of drug-likeness (QED) is 0.855. The van der Waals surface area contributed by atoms with Gasteiger partial charge in [0, 0.05) is 43.7 Å². The molecule has 1 aromatic rings. The summed E-state index contributed by atoms with van der Waals surface area (Å²) in [6.45, 7) is 9.15. The number of sulfonamides is 1. The molecule has 1 aromatic carbocycles. The highest BCUT2D eigenvalue weighted by Crippen LogP contribution is 2.16. The minimum atomic E-state index is -3.62. The zero-order valence-electron chi connectivity index (χ0n) is 15.8. The number of nitrogens with zero attached hydrogens (tertiary/aromatic N) is 2. The second kappa shape index (κ2) is 7.75. The molecular weight excluding hydrogens is 354 g/mol. The van der Waals surface area contributed by atoms with Crippen LogP contribution in [0.15, 0.2) is 29.2 Å². The summed E-state index contributed by atoms with van der Waals surface area (Å²) in [5.41, 5.74) is -0.141. The van der Waals surface area contributed by atoms with E-state index in [2.05, 4.69) is 4.72 Å². The van der Waals surface area contributed by atoms with Crippen molar-refractivity contribution in [1.82, 2.24) is 14.5 Å². The van der Waals surface area contributed by atoms with Crippen molar-refractivity contribution in [3.63, 3.8) is 0 Å². The summed E-state index contributed by atoms with van der Waals surface area (Å²) in [5.74, 6) is -0.0562. The van der Waals surface area contributed by atoms with E-state index in [4.69, 9.17) is 0 Å². The Balaban J connectivity index is 2.05. The zero-order valence-corrected chi connectivity index (χ0v) is 16.6.